The number of carbonyl (C=O) groups is 2. The molecule has 0 saturated carbocycles. The number of amides is 1. The maximum absolute atomic E-state index is 12.0. The van der Waals surface area contributed by atoms with Crippen LogP contribution in [0.5, 0.6) is 0 Å². The summed E-state index contributed by atoms with van der Waals surface area (Å²) in [4.78, 5) is 23.8. The summed E-state index contributed by atoms with van der Waals surface area (Å²) in [6, 6.07) is 6.79. The van der Waals surface area contributed by atoms with E-state index in [1.54, 1.807) is 36.0 Å². The predicted octanol–water partition coefficient (Wildman–Crippen LogP) is 3.77. The van der Waals surface area contributed by atoms with Gasteiger partial charge in [-0.15, -0.1) is 11.8 Å². The molecule has 0 radical (unpaired) electrons. The number of nitrogens with one attached hydrogen (secondary N) is 1. The lowest BCUT2D eigenvalue weighted by Crippen LogP contribution is -2.31. The van der Waals surface area contributed by atoms with E-state index >= 15 is 0 Å². The molecule has 1 aromatic carbocycles. The molecule has 1 N–H and O–H groups in total. The van der Waals surface area contributed by atoms with Gasteiger partial charge in [-0.3, -0.25) is 9.59 Å². The molecule has 0 aliphatic rings. The van der Waals surface area contributed by atoms with E-state index in [1.165, 1.54) is 0 Å². The van der Waals surface area contributed by atoms with Crippen molar-refractivity contribution >= 4 is 40.7 Å². The highest BCUT2D eigenvalue weighted by Gasteiger charge is 2.28. The van der Waals surface area contributed by atoms with Gasteiger partial charge in [0.2, 0.25) is 5.91 Å². The molecule has 104 valence electrons. The Morgan fingerprint density at radius 3 is 2.37 bits per heavy atom. The molecule has 3 nitrogen and oxygen atoms in total. The Labute approximate surface area is 123 Å². The van der Waals surface area contributed by atoms with Gasteiger partial charge in [-0.2, -0.15) is 0 Å². The van der Waals surface area contributed by atoms with Gasteiger partial charge >= 0.3 is 0 Å². The van der Waals surface area contributed by atoms with Crippen LogP contribution in [-0.4, -0.2) is 22.2 Å². The fraction of sp³-hybridized carbons (Fsp3) is 0.429. The summed E-state index contributed by atoms with van der Waals surface area (Å²) in [5.41, 5.74) is 0.642. The Morgan fingerprint density at radius 1 is 1.26 bits per heavy atom. The van der Waals surface area contributed by atoms with E-state index in [2.05, 4.69) is 5.32 Å². The summed E-state index contributed by atoms with van der Waals surface area (Å²) >= 11 is 7.30. The maximum atomic E-state index is 12.0. The third kappa shape index (κ3) is 5.25. The van der Waals surface area contributed by atoms with Gasteiger partial charge in [0.25, 0.3) is 0 Å². The van der Waals surface area contributed by atoms with Crippen LogP contribution < -0.4 is 5.32 Å². The van der Waals surface area contributed by atoms with Crippen LogP contribution in [0.2, 0.25) is 5.02 Å². The summed E-state index contributed by atoms with van der Waals surface area (Å²) in [5.74, 6) is 0.486. The van der Waals surface area contributed by atoms with Crippen LogP contribution >= 0.6 is 23.4 Å². The van der Waals surface area contributed by atoms with Crippen molar-refractivity contribution in [1.82, 2.24) is 0 Å². The van der Waals surface area contributed by atoms with Crippen LogP contribution in [0.25, 0.3) is 0 Å². The van der Waals surface area contributed by atoms with Crippen molar-refractivity contribution < 1.29 is 9.59 Å². The SMILES string of the molecule is CCSC(C)(C)C(=O)CC(=O)Nc1ccc(Cl)cc1. The first-order valence-electron chi connectivity index (χ1n) is 6.08. The van der Waals surface area contributed by atoms with Gasteiger partial charge < -0.3 is 5.32 Å². The molecule has 0 spiro atoms. The van der Waals surface area contributed by atoms with E-state index in [9.17, 15) is 9.59 Å². The maximum Gasteiger partial charge on any atom is 0.231 e. The van der Waals surface area contributed by atoms with Crippen molar-refractivity contribution in [3.05, 3.63) is 29.3 Å². The van der Waals surface area contributed by atoms with Gasteiger partial charge in [0, 0.05) is 10.7 Å². The number of benzene rings is 1. The summed E-state index contributed by atoms with van der Waals surface area (Å²) < 4.78 is -0.522. The van der Waals surface area contributed by atoms with Crippen LogP contribution in [0.3, 0.4) is 0 Å². The minimum atomic E-state index is -0.522. The number of thioether (sulfide) groups is 1. The summed E-state index contributed by atoms with van der Waals surface area (Å²) in [6.45, 7) is 5.69. The third-order valence-electron chi connectivity index (χ3n) is 2.63. The predicted molar refractivity (Wildman–Crippen MR) is 81.9 cm³/mol. The molecule has 0 aliphatic heterocycles. The second-order valence-electron chi connectivity index (χ2n) is 4.60. The summed E-state index contributed by atoms with van der Waals surface area (Å²) in [5, 5.41) is 3.29. The van der Waals surface area contributed by atoms with Gasteiger partial charge in [-0.1, -0.05) is 18.5 Å². The zero-order valence-corrected chi connectivity index (χ0v) is 12.9. The first-order valence-corrected chi connectivity index (χ1v) is 7.44. The van der Waals surface area contributed by atoms with E-state index in [0.717, 1.165) is 5.75 Å². The fourth-order valence-corrected chi connectivity index (χ4v) is 2.62. The number of hydrogen-bond donors (Lipinski definition) is 1. The molecular formula is C14H18ClNO2S. The lowest BCUT2D eigenvalue weighted by Gasteiger charge is -2.21. The Balaban J connectivity index is 2.56. The first kappa shape index (κ1) is 16.1. The number of hydrogen-bond acceptors (Lipinski definition) is 3. The molecule has 0 fully saturated rings. The highest BCUT2D eigenvalue weighted by Crippen LogP contribution is 2.26. The number of ketones is 1. The van der Waals surface area contributed by atoms with Gasteiger partial charge in [0.15, 0.2) is 5.78 Å². The van der Waals surface area contributed by atoms with Gasteiger partial charge in [0.1, 0.15) is 0 Å². The average Bonchev–Trinajstić information content (AvgIpc) is 2.32. The quantitative estimate of drug-likeness (QED) is 0.813. The molecule has 5 heteroatoms. The van der Waals surface area contributed by atoms with Crippen LogP contribution in [0.1, 0.15) is 27.2 Å². The van der Waals surface area contributed by atoms with Gasteiger partial charge in [-0.25, -0.2) is 0 Å². The topological polar surface area (TPSA) is 46.2 Å². The molecule has 19 heavy (non-hydrogen) atoms. The van der Waals surface area contributed by atoms with Gasteiger partial charge in [0.05, 0.1) is 11.2 Å². The fourth-order valence-electron chi connectivity index (χ4n) is 1.54. The zero-order valence-electron chi connectivity index (χ0n) is 11.3. The standard InChI is InChI=1S/C14H18ClNO2S/c1-4-19-14(2,3)12(17)9-13(18)16-11-7-5-10(15)6-8-11/h5-8H,4,9H2,1-3H3,(H,16,18). The highest BCUT2D eigenvalue weighted by molar-refractivity contribution is 8.01. The zero-order chi connectivity index (χ0) is 14.5. The van der Waals surface area contributed by atoms with Crippen LogP contribution in [0.4, 0.5) is 5.69 Å². The number of Topliss-reactive ketones (excluding diaryl/α,β-unsaturated/α-hetero) is 1. The van der Waals surface area contributed by atoms with Crippen molar-refractivity contribution in [2.24, 2.45) is 0 Å². The number of anilines is 1. The van der Waals surface area contributed by atoms with Crippen LogP contribution in [0.15, 0.2) is 24.3 Å². The Bertz CT molecular complexity index is 457. The van der Waals surface area contributed by atoms with E-state index in [1.807, 2.05) is 20.8 Å². The van der Waals surface area contributed by atoms with Crippen molar-refractivity contribution in [3.8, 4) is 0 Å². The number of halogens is 1. The summed E-state index contributed by atoms with van der Waals surface area (Å²) in [6.07, 6.45) is -0.109. The van der Waals surface area contributed by atoms with Crippen molar-refractivity contribution in [1.29, 1.82) is 0 Å². The molecule has 0 aromatic heterocycles. The normalized spacial score (nSPS) is 11.2. The van der Waals surface area contributed by atoms with Crippen molar-refractivity contribution in [3.63, 3.8) is 0 Å². The lowest BCUT2D eigenvalue weighted by molar-refractivity contribution is -0.126. The minimum absolute atomic E-state index is 0.0641. The average molecular weight is 300 g/mol. The van der Waals surface area contributed by atoms with Gasteiger partial charge in [-0.05, 0) is 43.9 Å². The molecule has 1 aromatic rings. The lowest BCUT2D eigenvalue weighted by atomic mass is 10.1. The Hall–Kier alpha value is -1.00. The Kier molecular flexibility index (Phi) is 5.88. The molecule has 0 aliphatic carbocycles. The van der Waals surface area contributed by atoms with Crippen molar-refractivity contribution in [2.45, 2.75) is 31.9 Å². The first-order chi connectivity index (χ1) is 8.85. The summed E-state index contributed by atoms with van der Waals surface area (Å²) in [7, 11) is 0. The highest BCUT2D eigenvalue weighted by atomic mass is 35.5. The molecule has 1 amide bonds. The molecular weight excluding hydrogens is 282 g/mol. The molecule has 0 bridgehead atoms. The third-order valence-corrected chi connectivity index (χ3v) is 4.12. The van der Waals surface area contributed by atoms with E-state index in [4.69, 9.17) is 11.6 Å². The van der Waals surface area contributed by atoms with Crippen LogP contribution in [0, 0.1) is 0 Å². The molecule has 0 heterocycles. The van der Waals surface area contributed by atoms with Crippen LogP contribution in [-0.2, 0) is 9.59 Å². The molecule has 1 rings (SSSR count). The molecule has 0 atom stereocenters. The van der Waals surface area contributed by atoms with E-state index < -0.39 is 4.75 Å². The molecule has 0 unspecified atom stereocenters. The monoisotopic (exact) mass is 299 g/mol. The smallest absolute Gasteiger partial charge is 0.231 e. The second-order valence-corrected chi connectivity index (χ2v) is 6.92. The van der Waals surface area contributed by atoms with E-state index in [0.29, 0.717) is 10.7 Å². The largest absolute Gasteiger partial charge is 0.326 e. The number of carbonyl (C=O) groups excluding carboxylic acids is 2. The number of rotatable bonds is 6. The minimum Gasteiger partial charge on any atom is -0.326 e. The molecule has 0 saturated heterocycles. The Morgan fingerprint density at radius 2 is 1.84 bits per heavy atom. The van der Waals surface area contributed by atoms with Crippen molar-refractivity contribution in [2.75, 3.05) is 11.1 Å². The second kappa shape index (κ2) is 6.96. The van der Waals surface area contributed by atoms with E-state index in [-0.39, 0.29) is 18.1 Å².